The molecule has 3 aliphatic rings. The number of nitrogens with two attached hydrogens (primary N) is 1. The van der Waals surface area contributed by atoms with Crippen molar-refractivity contribution in [2.24, 2.45) is 0 Å². The van der Waals surface area contributed by atoms with Gasteiger partial charge in [0.25, 0.3) is 0 Å². The third-order valence-corrected chi connectivity index (χ3v) is 10.9. The predicted molar refractivity (Wildman–Crippen MR) is 158 cm³/mol. The first-order valence-corrected chi connectivity index (χ1v) is 15.8. The maximum absolute atomic E-state index is 16.8. The fourth-order valence-electron chi connectivity index (χ4n) is 6.58. The molecule has 3 aliphatic heterocycles. The van der Waals surface area contributed by atoms with Gasteiger partial charge in [0, 0.05) is 7.11 Å². The van der Waals surface area contributed by atoms with Crippen molar-refractivity contribution < 1.29 is 13.9 Å². The number of rotatable bonds is 5. The molecule has 0 radical (unpaired) electrons. The molecule has 4 aromatic rings. The second-order valence-electron chi connectivity index (χ2n) is 11.0. The predicted octanol–water partition coefficient (Wildman–Crippen LogP) is 4.10. The van der Waals surface area contributed by atoms with Gasteiger partial charge >= 0.3 is 236 Å². The third kappa shape index (κ3) is 4.45. The monoisotopic (exact) mass is 641 g/mol. The number of nitrogens with one attached hydrogen (secondary N) is 1. The molecule has 0 amide bonds. The zero-order valence-corrected chi connectivity index (χ0v) is 25.1. The van der Waals surface area contributed by atoms with Gasteiger partial charge in [-0.05, 0) is 0 Å². The van der Waals surface area contributed by atoms with Crippen LogP contribution in [0, 0.1) is 17.1 Å². The van der Waals surface area contributed by atoms with Crippen LogP contribution in [0.5, 0.6) is 6.01 Å². The molecule has 2 aromatic heterocycles. The van der Waals surface area contributed by atoms with Gasteiger partial charge in [-0.1, -0.05) is 0 Å². The van der Waals surface area contributed by atoms with Crippen molar-refractivity contribution in [1.82, 2.24) is 20.2 Å². The minimum absolute atomic E-state index is 0.0672. The van der Waals surface area contributed by atoms with Gasteiger partial charge in [0.05, 0.1) is 0 Å². The van der Waals surface area contributed by atoms with Crippen LogP contribution in [-0.2, 0) is 4.74 Å². The number of nitriles is 1. The normalized spacial score (nSPS) is 24.4. The van der Waals surface area contributed by atoms with Crippen LogP contribution in [0.15, 0.2) is 24.3 Å². The standard InChI is InChI=1S/C29H29ClFN7O2Se/c1-37-21(39-2)8-9-22(37)40-29-35-26-17(28(36-29)38-12-14-6-7-15(13-38)34-14)10-19(30)24(25(26)31)16-4-3-5-20-23(16)18(11-32)27(33)41-20/h3-5,10,14-15,21-22,34H,6-9,12-13,33H2,1-2H3/t14-,15+,21-,22-/m0/s1. The number of fused-ring (bicyclic) bond motifs is 4. The van der Waals surface area contributed by atoms with Crippen LogP contribution in [-0.4, -0.2) is 81.2 Å². The molecule has 0 spiro atoms. The summed E-state index contributed by atoms with van der Waals surface area (Å²) in [6.07, 6.45) is 3.37. The Kier molecular flexibility index (Phi) is 6.81. The van der Waals surface area contributed by atoms with Crippen molar-refractivity contribution in [3.8, 4) is 23.2 Å². The van der Waals surface area contributed by atoms with Crippen molar-refractivity contribution in [2.45, 2.75) is 50.2 Å². The summed E-state index contributed by atoms with van der Waals surface area (Å²) < 4.78 is 30.1. The summed E-state index contributed by atoms with van der Waals surface area (Å²) in [4.78, 5) is 13.7. The van der Waals surface area contributed by atoms with Gasteiger partial charge in [-0.2, -0.15) is 0 Å². The molecule has 0 aliphatic carbocycles. The Morgan fingerprint density at radius 2 is 1.93 bits per heavy atom. The summed E-state index contributed by atoms with van der Waals surface area (Å²) in [6, 6.07) is 10.3. The molecule has 41 heavy (non-hydrogen) atoms. The van der Waals surface area contributed by atoms with E-state index in [2.05, 4.69) is 21.3 Å². The number of aromatic nitrogens is 2. The van der Waals surface area contributed by atoms with E-state index in [1.807, 2.05) is 24.1 Å². The molecule has 12 heteroatoms. The van der Waals surface area contributed by atoms with Gasteiger partial charge in [-0.25, -0.2) is 0 Å². The minimum atomic E-state index is -0.572. The van der Waals surface area contributed by atoms with Gasteiger partial charge < -0.3 is 4.74 Å². The van der Waals surface area contributed by atoms with Gasteiger partial charge in [0.15, 0.2) is 0 Å². The average molecular weight is 641 g/mol. The molecule has 5 heterocycles. The van der Waals surface area contributed by atoms with Gasteiger partial charge in [-0.3, -0.25) is 0 Å². The van der Waals surface area contributed by atoms with Crippen LogP contribution in [0.25, 0.3) is 31.7 Å². The van der Waals surface area contributed by atoms with E-state index in [-0.39, 0.29) is 49.1 Å². The molecule has 7 rings (SSSR count). The number of anilines is 2. The van der Waals surface area contributed by atoms with Crippen LogP contribution in [0.4, 0.5) is 14.8 Å². The third-order valence-electron chi connectivity index (χ3n) is 8.56. The maximum atomic E-state index is 16.8. The summed E-state index contributed by atoms with van der Waals surface area (Å²) in [5, 5.41) is 14.9. The number of nitrogen functional groups attached to an aromatic ring is 1. The summed E-state index contributed by atoms with van der Waals surface area (Å²) in [5.74, 6) is 0.0421. The summed E-state index contributed by atoms with van der Waals surface area (Å²) in [7, 11) is 3.61. The quantitative estimate of drug-likeness (QED) is 0.312. The van der Waals surface area contributed by atoms with E-state index in [0.717, 1.165) is 43.0 Å². The van der Waals surface area contributed by atoms with Crippen molar-refractivity contribution in [1.29, 1.82) is 5.26 Å². The second kappa shape index (κ2) is 10.4. The Hall–Kier alpha value is -2.97. The molecule has 3 saturated heterocycles. The number of hydrogen-bond donors (Lipinski definition) is 2. The molecule has 3 N–H and O–H groups in total. The molecule has 0 saturated carbocycles. The Morgan fingerprint density at radius 3 is 2.63 bits per heavy atom. The zero-order chi connectivity index (χ0) is 28.4. The number of halogens is 2. The number of hydrogen-bond acceptors (Lipinski definition) is 9. The molecule has 9 nitrogen and oxygen atoms in total. The van der Waals surface area contributed by atoms with Crippen LogP contribution in [0.3, 0.4) is 0 Å². The first-order valence-electron chi connectivity index (χ1n) is 13.7. The molecule has 2 bridgehead atoms. The molecule has 0 unspecified atom stereocenters. The van der Waals surface area contributed by atoms with Gasteiger partial charge in [-0.15, -0.1) is 0 Å². The number of piperazine rings is 1. The fraction of sp³-hybridized carbons (Fsp3) is 0.414. The van der Waals surface area contributed by atoms with Crippen LogP contribution in [0.1, 0.15) is 31.2 Å². The average Bonchev–Trinajstić information content (AvgIpc) is 3.61. The number of nitrogens with zero attached hydrogens (tertiary/aromatic N) is 5. The van der Waals surface area contributed by atoms with Crippen molar-refractivity contribution in [3.05, 3.63) is 40.7 Å². The Labute approximate surface area is 247 Å². The molecule has 4 atom stereocenters. The van der Waals surface area contributed by atoms with Gasteiger partial charge in [0.2, 0.25) is 0 Å². The second-order valence-corrected chi connectivity index (χ2v) is 13.6. The van der Waals surface area contributed by atoms with E-state index in [1.54, 1.807) is 19.2 Å². The molecule has 3 fully saturated rings. The molecular formula is C29H29ClFN7O2Se. The number of ether oxygens (including phenoxy) is 2. The van der Waals surface area contributed by atoms with E-state index in [0.29, 0.717) is 44.4 Å². The molecule has 2 aromatic carbocycles. The van der Waals surface area contributed by atoms with Crippen molar-refractivity contribution >= 4 is 57.0 Å². The Balaban J connectivity index is 1.42. The van der Waals surface area contributed by atoms with E-state index in [4.69, 9.17) is 31.8 Å². The fourth-order valence-corrected chi connectivity index (χ4v) is 8.86. The van der Waals surface area contributed by atoms with Crippen LogP contribution < -0.4 is 20.7 Å². The van der Waals surface area contributed by atoms with E-state index < -0.39 is 5.82 Å². The summed E-state index contributed by atoms with van der Waals surface area (Å²) >= 11 is 6.67. The molecular weight excluding hydrogens is 612 g/mol. The van der Waals surface area contributed by atoms with Crippen molar-refractivity contribution in [2.75, 3.05) is 37.9 Å². The SMILES string of the molecule is CO[C@H]1CC[C@H](Oc2nc(N3C[C@H]4CC[C@@H](C3)N4)c3cc(Cl)c(-c4cccc5[se]c(N)c(C#N)c45)c(F)c3n2)N1C. The Morgan fingerprint density at radius 1 is 1.17 bits per heavy atom. The van der Waals surface area contributed by atoms with Crippen LogP contribution in [0.2, 0.25) is 5.02 Å². The van der Waals surface area contributed by atoms with Crippen molar-refractivity contribution in [3.63, 3.8) is 0 Å². The van der Waals surface area contributed by atoms with Crippen LogP contribution >= 0.6 is 11.6 Å². The number of benzene rings is 2. The molecule has 212 valence electrons. The Bertz CT molecular complexity index is 1710. The topological polar surface area (TPSA) is 113 Å². The number of methoxy groups -OCH3 is 1. The van der Waals surface area contributed by atoms with E-state index in [1.165, 1.54) is 0 Å². The number of likely N-dealkylation sites (tertiary alicyclic amines) is 1. The van der Waals surface area contributed by atoms with Gasteiger partial charge in [0.1, 0.15) is 0 Å². The van der Waals surface area contributed by atoms with E-state index >= 15 is 4.39 Å². The van der Waals surface area contributed by atoms with E-state index in [9.17, 15) is 5.26 Å². The summed E-state index contributed by atoms with van der Waals surface area (Å²) in [6.45, 7) is 1.50. The summed E-state index contributed by atoms with van der Waals surface area (Å²) in [5.41, 5.74) is 7.46. The zero-order valence-electron chi connectivity index (χ0n) is 22.7. The first-order chi connectivity index (χ1) is 19.9. The first kappa shape index (κ1) is 26.9.